The van der Waals surface area contributed by atoms with Gasteiger partial charge in [0.2, 0.25) is 0 Å². The van der Waals surface area contributed by atoms with Crippen molar-refractivity contribution < 1.29 is 32.6 Å². The molecule has 1 amide bonds. The maximum absolute atomic E-state index is 13.8. The zero-order chi connectivity index (χ0) is 32.1. The van der Waals surface area contributed by atoms with Gasteiger partial charge in [-0.05, 0) is 59.7 Å². The summed E-state index contributed by atoms with van der Waals surface area (Å²) in [5.41, 5.74) is 2.57. The molecule has 2 aromatic carbocycles. The Morgan fingerprint density at radius 1 is 1.07 bits per heavy atom. The fraction of sp³-hybridized carbons (Fsp3) is 0.406. The number of rotatable bonds is 13. The smallest absolute Gasteiger partial charge is 0.387 e. The van der Waals surface area contributed by atoms with Gasteiger partial charge in [-0.3, -0.25) is 14.7 Å². The van der Waals surface area contributed by atoms with Crippen molar-refractivity contribution in [1.29, 1.82) is 0 Å². The van der Waals surface area contributed by atoms with Crippen LogP contribution in [-0.4, -0.2) is 71.6 Å². The molecule has 8 nitrogen and oxygen atoms in total. The molecule has 0 unspecified atom stereocenters. The van der Waals surface area contributed by atoms with Crippen LogP contribution in [-0.2, 0) is 22.5 Å². The van der Waals surface area contributed by atoms with Crippen molar-refractivity contribution in [2.45, 2.75) is 43.9 Å². The lowest BCUT2D eigenvalue weighted by molar-refractivity contribution is -0.152. The van der Waals surface area contributed by atoms with Gasteiger partial charge in [0.1, 0.15) is 6.10 Å². The van der Waals surface area contributed by atoms with Crippen LogP contribution in [0.3, 0.4) is 0 Å². The number of benzene rings is 2. The molecule has 1 aromatic heterocycles. The number of pyridine rings is 1. The van der Waals surface area contributed by atoms with Crippen LogP contribution in [0, 0.1) is 5.92 Å². The third-order valence-electron chi connectivity index (χ3n) is 7.51. The lowest BCUT2D eigenvalue weighted by Gasteiger charge is -2.26. The number of carbonyl (C=O) groups is 2. The summed E-state index contributed by atoms with van der Waals surface area (Å²) in [6, 6.07) is 11.8. The molecule has 0 bridgehead atoms. The summed E-state index contributed by atoms with van der Waals surface area (Å²) in [5.74, 6) is 0.580. The van der Waals surface area contributed by atoms with E-state index in [4.69, 9.17) is 37.4 Å². The van der Waals surface area contributed by atoms with Crippen LogP contribution in [0.5, 0.6) is 11.5 Å². The molecule has 45 heavy (non-hydrogen) atoms. The van der Waals surface area contributed by atoms with Crippen molar-refractivity contribution in [3.8, 4) is 11.5 Å². The lowest BCUT2D eigenvalue weighted by atomic mass is 10.0. The van der Waals surface area contributed by atoms with Gasteiger partial charge in [0.05, 0.1) is 16.7 Å². The van der Waals surface area contributed by atoms with Gasteiger partial charge in [-0.15, -0.1) is 11.8 Å². The molecule has 1 saturated heterocycles. The summed E-state index contributed by atoms with van der Waals surface area (Å²) < 4.78 is 43.1. The monoisotopic (exact) mass is 679 g/mol. The van der Waals surface area contributed by atoms with Gasteiger partial charge in [-0.2, -0.15) is 8.78 Å². The maximum Gasteiger partial charge on any atom is 0.387 e. The molecule has 240 valence electrons. The first-order valence-electron chi connectivity index (χ1n) is 14.4. The number of nitrogens with zero attached hydrogens (tertiary/aromatic N) is 3. The molecule has 5 rings (SSSR count). The highest BCUT2D eigenvalue weighted by atomic mass is 35.5. The highest BCUT2D eigenvalue weighted by Gasteiger charge is 2.35. The molecule has 2 aliphatic rings. The molecule has 2 fully saturated rings. The topological polar surface area (TPSA) is 81.2 Å². The average Bonchev–Trinajstić information content (AvgIpc) is 3.73. The van der Waals surface area contributed by atoms with Crippen molar-refractivity contribution in [3.63, 3.8) is 0 Å². The minimum Gasteiger partial charge on any atom is -0.489 e. The largest absolute Gasteiger partial charge is 0.489 e. The molecular weight excluding hydrogens is 647 g/mol. The molecule has 2 atom stereocenters. The van der Waals surface area contributed by atoms with E-state index in [0.717, 1.165) is 24.2 Å². The Bertz CT molecular complexity index is 1490. The number of thioether (sulfide) groups is 1. The van der Waals surface area contributed by atoms with Crippen LogP contribution in [0.1, 0.15) is 46.0 Å². The molecule has 0 spiro atoms. The third-order valence-corrected chi connectivity index (χ3v) is 9.38. The van der Waals surface area contributed by atoms with E-state index in [0.29, 0.717) is 52.3 Å². The quantitative estimate of drug-likeness (QED) is 0.181. The number of halogens is 4. The third kappa shape index (κ3) is 8.78. The summed E-state index contributed by atoms with van der Waals surface area (Å²) in [6.45, 7) is -1.52. The SMILES string of the molecule is CN(C)C(=O)c1ccc(CN2CCS[C@H]2C(=O)O[C@@H](Cc2c(Cl)cncc2Cl)c2ccc(OC(F)F)c(OCC3CC3)c2)cc1. The average molecular weight is 681 g/mol. The van der Waals surface area contributed by atoms with Crippen LogP contribution in [0.4, 0.5) is 8.78 Å². The molecule has 1 aliphatic heterocycles. The zero-order valence-electron chi connectivity index (χ0n) is 24.8. The molecule has 2 heterocycles. The summed E-state index contributed by atoms with van der Waals surface area (Å²) in [7, 11) is 3.40. The van der Waals surface area contributed by atoms with E-state index in [2.05, 4.69) is 4.98 Å². The minimum absolute atomic E-state index is 0.0879. The van der Waals surface area contributed by atoms with Crippen molar-refractivity contribution in [1.82, 2.24) is 14.8 Å². The van der Waals surface area contributed by atoms with Crippen molar-refractivity contribution in [3.05, 3.63) is 87.2 Å². The lowest BCUT2D eigenvalue weighted by Crippen LogP contribution is -2.36. The molecule has 1 saturated carbocycles. The Labute approximate surface area is 274 Å². The van der Waals surface area contributed by atoms with Gasteiger partial charge < -0.3 is 19.1 Å². The predicted molar refractivity (Wildman–Crippen MR) is 169 cm³/mol. The van der Waals surface area contributed by atoms with Gasteiger partial charge in [0, 0.05) is 57.3 Å². The number of esters is 1. The second kappa shape index (κ2) is 15.0. The normalized spacial score (nSPS) is 17.3. The second-order valence-electron chi connectivity index (χ2n) is 11.1. The Morgan fingerprint density at radius 3 is 2.42 bits per heavy atom. The van der Waals surface area contributed by atoms with Crippen LogP contribution in [0.15, 0.2) is 54.9 Å². The number of carbonyl (C=O) groups excluding carboxylic acids is 2. The van der Waals surface area contributed by atoms with Crippen LogP contribution in [0.2, 0.25) is 10.0 Å². The first-order valence-corrected chi connectivity index (χ1v) is 16.3. The fourth-order valence-corrected chi connectivity index (χ4v) is 6.56. The zero-order valence-corrected chi connectivity index (χ0v) is 27.1. The molecule has 3 aromatic rings. The van der Waals surface area contributed by atoms with Gasteiger partial charge in [-0.25, -0.2) is 4.79 Å². The summed E-state index contributed by atoms with van der Waals surface area (Å²) in [4.78, 5) is 33.6. The number of ether oxygens (including phenoxy) is 3. The van der Waals surface area contributed by atoms with E-state index in [-0.39, 0.29) is 23.8 Å². The molecule has 1 aliphatic carbocycles. The molecule has 0 radical (unpaired) electrons. The maximum atomic E-state index is 13.8. The van der Waals surface area contributed by atoms with E-state index in [9.17, 15) is 18.4 Å². The van der Waals surface area contributed by atoms with Gasteiger partial charge in [0.25, 0.3) is 5.91 Å². The highest BCUT2D eigenvalue weighted by molar-refractivity contribution is 8.00. The van der Waals surface area contributed by atoms with Gasteiger partial charge in [0.15, 0.2) is 16.9 Å². The van der Waals surface area contributed by atoms with E-state index >= 15 is 0 Å². The number of hydrogen-bond donors (Lipinski definition) is 0. The Balaban J connectivity index is 1.38. The van der Waals surface area contributed by atoms with Crippen molar-refractivity contribution >= 4 is 46.8 Å². The van der Waals surface area contributed by atoms with E-state index < -0.39 is 24.1 Å². The second-order valence-corrected chi connectivity index (χ2v) is 13.1. The van der Waals surface area contributed by atoms with Crippen molar-refractivity contribution in [2.24, 2.45) is 5.92 Å². The van der Waals surface area contributed by atoms with Crippen LogP contribution >= 0.6 is 35.0 Å². The number of hydrogen-bond acceptors (Lipinski definition) is 8. The van der Waals surface area contributed by atoms with Crippen LogP contribution < -0.4 is 9.47 Å². The fourth-order valence-electron chi connectivity index (χ4n) is 4.90. The van der Waals surface area contributed by atoms with Crippen molar-refractivity contribution in [2.75, 3.05) is 33.0 Å². The molecule has 0 N–H and O–H groups in total. The summed E-state index contributed by atoms with van der Waals surface area (Å²) in [5, 5.41) is 0.0185. The Hall–Kier alpha value is -3.12. The van der Waals surface area contributed by atoms with E-state index in [1.165, 1.54) is 35.1 Å². The van der Waals surface area contributed by atoms with E-state index in [1.807, 2.05) is 17.0 Å². The number of aromatic nitrogens is 1. The molecular formula is C32H33Cl2F2N3O5S. The van der Waals surface area contributed by atoms with Gasteiger partial charge in [-0.1, -0.05) is 41.4 Å². The van der Waals surface area contributed by atoms with E-state index in [1.54, 1.807) is 38.4 Å². The Morgan fingerprint density at radius 2 is 1.78 bits per heavy atom. The number of alkyl halides is 2. The summed E-state index contributed by atoms with van der Waals surface area (Å²) in [6.07, 6.45) is 4.17. The number of amides is 1. The van der Waals surface area contributed by atoms with Gasteiger partial charge >= 0.3 is 12.6 Å². The first kappa shape index (κ1) is 33.2. The first-order chi connectivity index (χ1) is 21.6. The molecule has 13 heteroatoms. The predicted octanol–water partition coefficient (Wildman–Crippen LogP) is 6.88. The highest BCUT2D eigenvalue weighted by Crippen LogP contribution is 2.39. The minimum atomic E-state index is -3.03. The van der Waals surface area contributed by atoms with Crippen LogP contribution in [0.25, 0.3) is 0 Å². The Kier molecular flexibility index (Phi) is 11.1. The standard InChI is InChI=1S/C32H33Cl2F2N3O5S/c1-38(2)29(40)21-7-5-19(6-8-21)17-39-11-12-45-30(39)31(41)43-27(14-23-24(33)15-37-16-25(23)34)22-9-10-26(44-32(35)36)28(13-22)42-18-20-3-4-20/h5-10,13,15-16,20,27,30,32H,3-4,11-12,14,17-18H2,1-2H3/t27-,30-/m0/s1. The summed E-state index contributed by atoms with van der Waals surface area (Å²) >= 11 is 14.4.